The third-order valence-corrected chi connectivity index (χ3v) is 5.14. The Bertz CT molecular complexity index is 890. The smallest absolute Gasteiger partial charge is 0.260 e. The normalized spacial score (nSPS) is 12.4. The number of hydrogen-bond donors (Lipinski definition) is 3. The molecule has 0 spiro atoms. The van der Waals surface area contributed by atoms with Crippen LogP contribution in [0.2, 0.25) is 10.0 Å². The molecule has 2 aromatic carbocycles. The van der Waals surface area contributed by atoms with Crippen LogP contribution in [-0.2, 0) is 10.2 Å². The molecule has 2 amide bonds. The van der Waals surface area contributed by atoms with E-state index in [1.54, 1.807) is 30.3 Å². The van der Waals surface area contributed by atoms with Gasteiger partial charge in [0, 0.05) is 10.6 Å². The largest absolute Gasteiger partial charge is 0.340 e. The van der Waals surface area contributed by atoms with Crippen molar-refractivity contribution >= 4 is 40.7 Å². The number of amides is 2. The number of benzene rings is 2. The molecule has 3 N–H and O–H groups in total. The SMILES string of the molecule is CC(C)CC(NC(=O)c1ccc(C(C)(C)C)cc1)C(=O)NNc1ccc(Cl)cc1Cl. The predicted octanol–water partition coefficient (Wildman–Crippen LogP) is 5.58. The highest BCUT2D eigenvalue weighted by molar-refractivity contribution is 6.36. The van der Waals surface area contributed by atoms with E-state index in [-0.39, 0.29) is 23.1 Å². The number of rotatable bonds is 7. The molecule has 0 aliphatic heterocycles. The van der Waals surface area contributed by atoms with Gasteiger partial charge in [0.05, 0.1) is 10.7 Å². The molecule has 0 radical (unpaired) electrons. The first-order valence-corrected chi connectivity index (χ1v) is 10.7. The summed E-state index contributed by atoms with van der Waals surface area (Å²) in [5.41, 5.74) is 7.58. The van der Waals surface area contributed by atoms with E-state index in [1.165, 1.54) is 0 Å². The second-order valence-electron chi connectivity index (χ2n) is 8.72. The lowest BCUT2D eigenvalue weighted by Gasteiger charge is -2.22. The highest BCUT2D eigenvalue weighted by atomic mass is 35.5. The molecule has 0 saturated carbocycles. The van der Waals surface area contributed by atoms with Crippen molar-refractivity contribution in [2.24, 2.45) is 5.92 Å². The zero-order valence-electron chi connectivity index (χ0n) is 18.0. The van der Waals surface area contributed by atoms with Crippen LogP contribution in [0.5, 0.6) is 0 Å². The summed E-state index contributed by atoms with van der Waals surface area (Å²) in [6.07, 6.45) is 0.494. The van der Waals surface area contributed by atoms with E-state index in [2.05, 4.69) is 36.9 Å². The molecule has 2 aromatic rings. The number of nitrogens with one attached hydrogen (secondary N) is 3. The second kappa shape index (κ2) is 10.2. The Labute approximate surface area is 188 Å². The van der Waals surface area contributed by atoms with Gasteiger partial charge in [0.15, 0.2) is 0 Å². The van der Waals surface area contributed by atoms with Crippen LogP contribution in [0.4, 0.5) is 5.69 Å². The summed E-state index contributed by atoms with van der Waals surface area (Å²) in [6.45, 7) is 10.3. The molecule has 0 aromatic heterocycles. The first-order valence-electron chi connectivity index (χ1n) is 9.89. The Morgan fingerprint density at radius 2 is 1.63 bits per heavy atom. The van der Waals surface area contributed by atoms with Crippen LogP contribution in [0.3, 0.4) is 0 Å². The highest BCUT2D eigenvalue weighted by Crippen LogP contribution is 2.25. The minimum atomic E-state index is -0.696. The summed E-state index contributed by atoms with van der Waals surface area (Å²) in [4.78, 5) is 25.4. The molecule has 0 aliphatic rings. The van der Waals surface area contributed by atoms with Gasteiger partial charge in [-0.2, -0.15) is 0 Å². The lowest BCUT2D eigenvalue weighted by Crippen LogP contribution is -2.49. The van der Waals surface area contributed by atoms with Crippen LogP contribution in [-0.4, -0.2) is 17.9 Å². The fourth-order valence-corrected chi connectivity index (χ4v) is 3.33. The maximum absolute atomic E-state index is 12.7. The highest BCUT2D eigenvalue weighted by Gasteiger charge is 2.23. The van der Waals surface area contributed by atoms with Gasteiger partial charge in [0.25, 0.3) is 11.8 Å². The Morgan fingerprint density at radius 1 is 1.00 bits per heavy atom. The number of carbonyl (C=O) groups is 2. The van der Waals surface area contributed by atoms with Crippen molar-refractivity contribution in [1.29, 1.82) is 0 Å². The zero-order chi connectivity index (χ0) is 22.5. The van der Waals surface area contributed by atoms with Gasteiger partial charge in [-0.05, 0) is 53.6 Å². The molecule has 0 saturated heterocycles. The Kier molecular flexibility index (Phi) is 8.16. The predicted molar refractivity (Wildman–Crippen MR) is 124 cm³/mol. The number of carbonyl (C=O) groups excluding carboxylic acids is 2. The van der Waals surface area contributed by atoms with E-state index in [1.807, 2.05) is 26.0 Å². The van der Waals surface area contributed by atoms with Gasteiger partial charge in [-0.3, -0.25) is 20.4 Å². The standard InChI is InChI=1S/C23H29Cl2N3O2/c1-14(2)12-20(22(30)28-27-19-11-10-17(24)13-18(19)25)26-21(29)15-6-8-16(9-7-15)23(3,4)5/h6-11,13-14,20,27H,12H2,1-5H3,(H,26,29)(H,28,30). The third-order valence-electron chi connectivity index (χ3n) is 4.59. The van der Waals surface area contributed by atoms with Crippen LogP contribution >= 0.6 is 23.2 Å². The molecular formula is C23H29Cl2N3O2. The molecule has 0 heterocycles. The van der Waals surface area contributed by atoms with Gasteiger partial charge in [0.1, 0.15) is 6.04 Å². The van der Waals surface area contributed by atoms with E-state index in [0.29, 0.717) is 27.7 Å². The van der Waals surface area contributed by atoms with Crippen molar-refractivity contribution in [2.45, 2.75) is 52.5 Å². The number of anilines is 1. The summed E-state index contributed by atoms with van der Waals surface area (Å²) in [5.74, 6) is -0.432. The number of hydrogen-bond acceptors (Lipinski definition) is 3. The van der Waals surface area contributed by atoms with E-state index in [4.69, 9.17) is 23.2 Å². The van der Waals surface area contributed by atoms with E-state index in [9.17, 15) is 9.59 Å². The van der Waals surface area contributed by atoms with Crippen molar-refractivity contribution in [3.05, 3.63) is 63.6 Å². The molecule has 0 fully saturated rings. The lowest BCUT2D eigenvalue weighted by atomic mass is 9.86. The van der Waals surface area contributed by atoms with Gasteiger partial charge >= 0.3 is 0 Å². The maximum atomic E-state index is 12.7. The summed E-state index contributed by atoms with van der Waals surface area (Å²) in [5, 5.41) is 3.72. The monoisotopic (exact) mass is 449 g/mol. The average molecular weight is 450 g/mol. The Hall–Kier alpha value is -2.24. The van der Waals surface area contributed by atoms with E-state index >= 15 is 0 Å². The first kappa shape index (κ1) is 24.0. The topological polar surface area (TPSA) is 70.2 Å². The molecule has 0 aliphatic carbocycles. The van der Waals surface area contributed by atoms with Crippen LogP contribution < -0.4 is 16.2 Å². The molecule has 5 nitrogen and oxygen atoms in total. The average Bonchev–Trinajstić information content (AvgIpc) is 2.65. The molecule has 2 rings (SSSR count). The van der Waals surface area contributed by atoms with Gasteiger partial charge in [0.2, 0.25) is 0 Å². The van der Waals surface area contributed by atoms with Gasteiger partial charge in [-0.25, -0.2) is 0 Å². The van der Waals surface area contributed by atoms with Gasteiger partial charge in [-0.1, -0.05) is 70.0 Å². The lowest BCUT2D eigenvalue weighted by molar-refractivity contribution is -0.122. The van der Waals surface area contributed by atoms with Crippen molar-refractivity contribution in [3.8, 4) is 0 Å². The maximum Gasteiger partial charge on any atom is 0.260 e. The third kappa shape index (κ3) is 6.92. The van der Waals surface area contributed by atoms with Crippen molar-refractivity contribution in [2.75, 3.05) is 5.43 Å². The number of halogens is 2. The van der Waals surface area contributed by atoms with Crippen molar-refractivity contribution in [1.82, 2.24) is 10.7 Å². The Balaban J connectivity index is 2.06. The Morgan fingerprint density at radius 3 is 2.17 bits per heavy atom. The fraction of sp³-hybridized carbons (Fsp3) is 0.391. The van der Waals surface area contributed by atoms with Gasteiger partial charge < -0.3 is 5.32 Å². The second-order valence-corrected chi connectivity index (χ2v) is 9.57. The summed E-state index contributed by atoms with van der Waals surface area (Å²) < 4.78 is 0. The number of hydrazine groups is 1. The van der Waals surface area contributed by atoms with Crippen LogP contribution in [0, 0.1) is 5.92 Å². The minimum Gasteiger partial charge on any atom is -0.340 e. The molecular weight excluding hydrogens is 421 g/mol. The van der Waals surface area contributed by atoms with Gasteiger partial charge in [-0.15, -0.1) is 0 Å². The molecule has 1 unspecified atom stereocenters. The van der Waals surface area contributed by atoms with Crippen LogP contribution in [0.15, 0.2) is 42.5 Å². The zero-order valence-corrected chi connectivity index (χ0v) is 19.5. The molecule has 30 heavy (non-hydrogen) atoms. The first-order chi connectivity index (χ1) is 14.0. The summed E-state index contributed by atoms with van der Waals surface area (Å²) in [6, 6.07) is 11.7. The quantitative estimate of drug-likeness (QED) is 0.483. The minimum absolute atomic E-state index is 0.00365. The molecule has 162 valence electrons. The summed E-state index contributed by atoms with van der Waals surface area (Å²) >= 11 is 12.0. The molecule has 1 atom stereocenters. The van der Waals surface area contributed by atoms with Crippen molar-refractivity contribution in [3.63, 3.8) is 0 Å². The van der Waals surface area contributed by atoms with E-state index < -0.39 is 6.04 Å². The molecule has 7 heteroatoms. The van der Waals surface area contributed by atoms with E-state index in [0.717, 1.165) is 5.56 Å². The van der Waals surface area contributed by atoms with Crippen LogP contribution in [0.25, 0.3) is 0 Å². The fourth-order valence-electron chi connectivity index (χ4n) is 2.87. The summed E-state index contributed by atoms with van der Waals surface area (Å²) in [7, 11) is 0. The van der Waals surface area contributed by atoms with Crippen molar-refractivity contribution < 1.29 is 9.59 Å². The van der Waals surface area contributed by atoms with Crippen LogP contribution in [0.1, 0.15) is 57.0 Å². The molecule has 0 bridgehead atoms.